The van der Waals surface area contributed by atoms with Crippen LogP contribution in [0.4, 0.5) is 0 Å². The van der Waals surface area contributed by atoms with E-state index in [4.69, 9.17) is 23.7 Å². The first-order valence-corrected chi connectivity index (χ1v) is 14.6. The molecule has 43 heavy (non-hydrogen) atoms. The van der Waals surface area contributed by atoms with Crippen molar-refractivity contribution in [1.29, 1.82) is 0 Å². The number of aromatic amines is 1. The molecule has 2 aromatic heterocycles. The fraction of sp³-hybridized carbons (Fsp3) is 0.194. The Balaban J connectivity index is 0.952. The summed E-state index contributed by atoms with van der Waals surface area (Å²) < 4.78 is 31.6. The summed E-state index contributed by atoms with van der Waals surface area (Å²) in [6, 6.07) is 29.2. The molecule has 0 amide bonds. The Morgan fingerprint density at radius 2 is 1.67 bits per heavy atom. The van der Waals surface area contributed by atoms with Crippen LogP contribution in [0.15, 0.2) is 91.1 Å². The standard InChI is InChI=1S/C36H31N2O5/c1-39-33-12-9-24-18-32-28-20-35-34(42-22-43-35)19-25(28)13-14-38(32)21-29(24)36(33)41-16-4-15-40-27-10-7-23(8-11-27)31-17-26-5-2-3-6-30(26)37-31/h2-3,5-12,17-21,37H,4,13-16,22H2,1H3/q+1. The van der Waals surface area contributed by atoms with Crippen molar-refractivity contribution >= 4 is 21.7 Å². The van der Waals surface area contributed by atoms with Crippen LogP contribution < -0.4 is 28.3 Å². The van der Waals surface area contributed by atoms with Crippen molar-refractivity contribution in [2.75, 3.05) is 27.1 Å². The number of pyridine rings is 1. The number of hydrogen-bond acceptors (Lipinski definition) is 5. The number of rotatable bonds is 8. The number of benzene rings is 4. The lowest BCUT2D eigenvalue weighted by Crippen LogP contribution is -2.40. The summed E-state index contributed by atoms with van der Waals surface area (Å²) in [5, 5.41) is 3.33. The van der Waals surface area contributed by atoms with Crippen LogP contribution in [0, 0.1) is 0 Å². The number of ether oxygens (including phenoxy) is 5. The number of methoxy groups -OCH3 is 1. The monoisotopic (exact) mass is 571 g/mol. The predicted octanol–water partition coefficient (Wildman–Crippen LogP) is 7.08. The van der Waals surface area contributed by atoms with Crippen LogP contribution in [0.5, 0.6) is 28.7 Å². The molecule has 214 valence electrons. The van der Waals surface area contributed by atoms with E-state index in [1.54, 1.807) is 7.11 Å². The minimum atomic E-state index is 0.277. The first-order valence-electron chi connectivity index (χ1n) is 14.6. The van der Waals surface area contributed by atoms with Gasteiger partial charge < -0.3 is 28.7 Å². The zero-order valence-corrected chi connectivity index (χ0v) is 23.9. The quantitative estimate of drug-likeness (QED) is 0.156. The minimum Gasteiger partial charge on any atom is -0.493 e. The van der Waals surface area contributed by atoms with Gasteiger partial charge in [-0.3, -0.25) is 0 Å². The van der Waals surface area contributed by atoms with Crippen molar-refractivity contribution in [3.63, 3.8) is 0 Å². The van der Waals surface area contributed by atoms with Gasteiger partial charge in [0.2, 0.25) is 12.5 Å². The third kappa shape index (κ3) is 4.67. The highest BCUT2D eigenvalue weighted by molar-refractivity contribution is 5.92. The Labute approximate surface area is 249 Å². The molecule has 0 bridgehead atoms. The number of fused-ring (bicyclic) bond motifs is 6. The Hall–Kier alpha value is -5.17. The molecule has 0 fully saturated rings. The second-order valence-corrected chi connectivity index (χ2v) is 10.9. The van der Waals surface area contributed by atoms with Gasteiger partial charge in [-0.05, 0) is 77.2 Å². The van der Waals surface area contributed by atoms with Gasteiger partial charge in [0.1, 0.15) is 5.75 Å². The van der Waals surface area contributed by atoms with Gasteiger partial charge in [0, 0.05) is 35.5 Å². The number of H-pyrrole nitrogens is 1. The largest absolute Gasteiger partial charge is 0.493 e. The van der Waals surface area contributed by atoms with E-state index < -0.39 is 0 Å². The topological polar surface area (TPSA) is 65.8 Å². The van der Waals surface area contributed by atoms with Crippen molar-refractivity contribution in [2.24, 2.45) is 0 Å². The Morgan fingerprint density at radius 1 is 0.837 bits per heavy atom. The second kappa shape index (κ2) is 10.6. The third-order valence-electron chi connectivity index (χ3n) is 8.30. The van der Waals surface area contributed by atoms with Crippen molar-refractivity contribution in [2.45, 2.75) is 19.4 Å². The van der Waals surface area contributed by atoms with E-state index in [-0.39, 0.29) is 6.79 Å². The molecule has 0 unspecified atom stereocenters. The maximum atomic E-state index is 6.35. The number of nitrogens with zero attached hydrogens (tertiary/aromatic N) is 1. The molecule has 0 atom stereocenters. The summed E-state index contributed by atoms with van der Waals surface area (Å²) in [6.45, 7) is 2.22. The summed E-state index contributed by atoms with van der Waals surface area (Å²) in [4.78, 5) is 3.48. The number of hydrogen-bond donors (Lipinski definition) is 1. The van der Waals surface area contributed by atoms with Gasteiger partial charge in [-0.1, -0.05) is 18.2 Å². The maximum absolute atomic E-state index is 6.35. The first-order chi connectivity index (χ1) is 21.2. The van der Waals surface area contributed by atoms with Gasteiger partial charge in [0.25, 0.3) is 0 Å². The molecular weight excluding hydrogens is 540 g/mol. The SMILES string of the molecule is COc1ccc2cc3[n+](cc2c1OCCCOc1ccc(-c2cc4ccccc4[nH]2)cc1)CCc1cc2c(cc1-3)OCO2. The van der Waals surface area contributed by atoms with Crippen molar-refractivity contribution in [3.05, 3.63) is 96.7 Å². The van der Waals surface area contributed by atoms with E-state index in [1.165, 1.54) is 16.5 Å². The molecule has 7 nitrogen and oxygen atoms in total. The van der Waals surface area contributed by atoms with Crippen LogP contribution in [0.1, 0.15) is 12.0 Å². The van der Waals surface area contributed by atoms with E-state index in [0.717, 1.165) is 81.4 Å². The second-order valence-electron chi connectivity index (χ2n) is 10.9. The van der Waals surface area contributed by atoms with Crippen LogP contribution in [0.3, 0.4) is 0 Å². The highest BCUT2D eigenvalue weighted by atomic mass is 16.7. The number of aromatic nitrogens is 2. The van der Waals surface area contributed by atoms with Gasteiger partial charge >= 0.3 is 0 Å². The summed E-state index contributed by atoms with van der Waals surface area (Å²) in [5.74, 6) is 3.96. The molecule has 8 rings (SSSR count). The Bertz CT molecular complexity index is 1950. The van der Waals surface area contributed by atoms with Crippen LogP contribution >= 0.6 is 0 Å². The summed E-state index contributed by atoms with van der Waals surface area (Å²) in [6.07, 6.45) is 3.85. The minimum absolute atomic E-state index is 0.277. The van der Waals surface area contributed by atoms with Crippen molar-refractivity contribution in [3.8, 4) is 51.3 Å². The molecule has 7 heteroatoms. The summed E-state index contributed by atoms with van der Waals surface area (Å²) in [7, 11) is 1.68. The smallest absolute Gasteiger partial charge is 0.231 e. The van der Waals surface area contributed by atoms with Crippen LogP contribution in [-0.2, 0) is 13.0 Å². The molecule has 1 N–H and O–H groups in total. The van der Waals surface area contributed by atoms with Gasteiger partial charge in [-0.2, -0.15) is 4.57 Å². The van der Waals surface area contributed by atoms with Gasteiger partial charge in [0.15, 0.2) is 35.7 Å². The van der Waals surface area contributed by atoms with E-state index in [2.05, 4.69) is 76.4 Å². The highest BCUT2D eigenvalue weighted by Crippen LogP contribution is 2.41. The molecule has 0 saturated carbocycles. The van der Waals surface area contributed by atoms with Crippen LogP contribution in [-0.4, -0.2) is 32.1 Å². The number of aryl methyl sites for hydroxylation is 2. The fourth-order valence-electron chi connectivity index (χ4n) is 6.09. The normalized spacial score (nSPS) is 13.1. The lowest BCUT2D eigenvalue weighted by molar-refractivity contribution is -0.686. The van der Waals surface area contributed by atoms with Crippen molar-refractivity contribution < 1.29 is 28.3 Å². The van der Waals surface area contributed by atoms with Gasteiger partial charge in [-0.25, -0.2) is 0 Å². The maximum Gasteiger partial charge on any atom is 0.231 e. The molecule has 0 radical (unpaired) electrons. The lowest BCUT2D eigenvalue weighted by Gasteiger charge is -2.18. The van der Waals surface area contributed by atoms with E-state index in [9.17, 15) is 0 Å². The predicted molar refractivity (Wildman–Crippen MR) is 165 cm³/mol. The number of para-hydroxylation sites is 1. The molecule has 4 heterocycles. The zero-order valence-electron chi connectivity index (χ0n) is 23.9. The first kappa shape index (κ1) is 25.5. The molecule has 0 aliphatic carbocycles. The zero-order chi connectivity index (χ0) is 28.8. The fourth-order valence-corrected chi connectivity index (χ4v) is 6.09. The molecule has 0 saturated heterocycles. The van der Waals surface area contributed by atoms with Crippen LogP contribution in [0.25, 0.3) is 44.2 Å². The van der Waals surface area contributed by atoms with Crippen LogP contribution in [0.2, 0.25) is 0 Å². The highest BCUT2D eigenvalue weighted by Gasteiger charge is 2.28. The third-order valence-corrected chi connectivity index (χ3v) is 8.30. The van der Waals surface area contributed by atoms with E-state index >= 15 is 0 Å². The van der Waals surface area contributed by atoms with Gasteiger partial charge in [0.05, 0.1) is 31.3 Å². The van der Waals surface area contributed by atoms with E-state index in [0.29, 0.717) is 13.2 Å². The van der Waals surface area contributed by atoms with E-state index in [1.807, 2.05) is 24.3 Å². The molecular formula is C36H31N2O5+. The average molecular weight is 572 g/mol. The summed E-state index contributed by atoms with van der Waals surface area (Å²) >= 11 is 0. The van der Waals surface area contributed by atoms with Gasteiger partial charge in [-0.15, -0.1) is 0 Å². The Kier molecular flexibility index (Phi) is 6.29. The molecule has 4 aromatic carbocycles. The number of nitrogens with one attached hydrogen (secondary N) is 1. The molecule has 0 spiro atoms. The Morgan fingerprint density at radius 3 is 2.53 bits per heavy atom. The molecule has 6 aromatic rings. The van der Waals surface area contributed by atoms with Crippen molar-refractivity contribution in [1.82, 2.24) is 4.98 Å². The lowest BCUT2D eigenvalue weighted by atomic mass is 9.95. The summed E-state index contributed by atoms with van der Waals surface area (Å²) in [5.41, 5.74) is 6.99. The molecule has 2 aliphatic rings. The molecule has 2 aliphatic heterocycles. The average Bonchev–Trinajstić information content (AvgIpc) is 3.70.